The van der Waals surface area contributed by atoms with Gasteiger partial charge in [0.25, 0.3) is 5.91 Å². The number of carbonyl (C=O) groups excluding carboxylic acids is 2. The van der Waals surface area contributed by atoms with Crippen LogP contribution in [0.4, 0.5) is 0 Å². The Morgan fingerprint density at radius 2 is 2.05 bits per heavy atom. The van der Waals surface area contributed by atoms with Gasteiger partial charge in [0.15, 0.2) is 0 Å². The van der Waals surface area contributed by atoms with E-state index in [0.29, 0.717) is 28.6 Å². The first-order chi connectivity index (χ1) is 9.54. The van der Waals surface area contributed by atoms with Crippen LogP contribution < -0.4 is 0 Å². The number of hydrogen-bond acceptors (Lipinski definition) is 3. The number of carbonyl (C=O) groups is 2. The number of nitrogens with zero attached hydrogens (tertiary/aromatic N) is 1. The van der Waals surface area contributed by atoms with E-state index < -0.39 is 12.0 Å². The van der Waals surface area contributed by atoms with Gasteiger partial charge in [0.05, 0.1) is 17.7 Å². The molecule has 1 heterocycles. The highest BCUT2D eigenvalue weighted by Gasteiger charge is 2.34. The van der Waals surface area contributed by atoms with Gasteiger partial charge < -0.3 is 9.64 Å². The molecule has 1 fully saturated rings. The Hall–Kier alpha value is -1.26. The van der Waals surface area contributed by atoms with Crippen LogP contribution in [-0.4, -0.2) is 36.5 Å². The van der Waals surface area contributed by atoms with E-state index >= 15 is 0 Å². The van der Waals surface area contributed by atoms with Gasteiger partial charge in [-0.05, 0) is 37.5 Å². The highest BCUT2D eigenvalue weighted by atomic mass is 35.5. The van der Waals surface area contributed by atoms with E-state index in [1.165, 1.54) is 18.1 Å². The van der Waals surface area contributed by atoms with Crippen molar-refractivity contribution in [3.05, 3.63) is 33.8 Å². The van der Waals surface area contributed by atoms with E-state index in [-0.39, 0.29) is 5.91 Å². The number of likely N-dealkylation sites (tertiary alicyclic amines) is 1. The van der Waals surface area contributed by atoms with Crippen molar-refractivity contribution in [3.63, 3.8) is 0 Å². The quantitative estimate of drug-likeness (QED) is 0.787. The summed E-state index contributed by atoms with van der Waals surface area (Å²) in [6, 6.07) is 4.18. The monoisotopic (exact) mass is 315 g/mol. The van der Waals surface area contributed by atoms with Crippen molar-refractivity contribution in [3.8, 4) is 0 Å². The zero-order valence-electron chi connectivity index (χ0n) is 11.1. The Balaban J connectivity index is 2.30. The summed E-state index contributed by atoms with van der Waals surface area (Å²) in [5.74, 6) is -0.677. The van der Waals surface area contributed by atoms with Crippen LogP contribution in [0.3, 0.4) is 0 Å². The molecule has 1 aliphatic heterocycles. The number of halogens is 2. The molecule has 0 radical (unpaired) electrons. The van der Waals surface area contributed by atoms with Crippen LogP contribution in [0.15, 0.2) is 18.2 Å². The van der Waals surface area contributed by atoms with Crippen LogP contribution in [0.25, 0.3) is 0 Å². The van der Waals surface area contributed by atoms with Crippen molar-refractivity contribution in [2.24, 2.45) is 0 Å². The fourth-order valence-electron chi connectivity index (χ4n) is 2.37. The first-order valence-corrected chi connectivity index (χ1v) is 7.14. The van der Waals surface area contributed by atoms with Crippen molar-refractivity contribution in [2.45, 2.75) is 25.3 Å². The second kappa shape index (κ2) is 6.46. The summed E-state index contributed by atoms with van der Waals surface area (Å²) in [7, 11) is 1.33. The second-order valence-electron chi connectivity index (χ2n) is 4.66. The normalized spacial score (nSPS) is 18.8. The summed E-state index contributed by atoms with van der Waals surface area (Å²) in [5.41, 5.74) is 0.315. The molecule has 108 valence electrons. The lowest BCUT2D eigenvalue weighted by molar-refractivity contribution is -0.147. The van der Waals surface area contributed by atoms with E-state index in [4.69, 9.17) is 27.9 Å². The van der Waals surface area contributed by atoms with E-state index in [9.17, 15) is 9.59 Å². The predicted octanol–water partition coefficient (Wildman–Crippen LogP) is 3.16. The number of rotatable bonds is 2. The van der Waals surface area contributed by atoms with Gasteiger partial charge in [0.2, 0.25) is 0 Å². The molecule has 0 bridgehead atoms. The predicted molar refractivity (Wildman–Crippen MR) is 77.2 cm³/mol. The Labute approximate surface area is 127 Å². The summed E-state index contributed by atoms with van der Waals surface area (Å²) in [5, 5.41) is 0.762. The lowest BCUT2D eigenvalue weighted by Gasteiger charge is -2.34. The minimum absolute atomic E-state index is 0.285. The minimum Gasteiger partial charge on any atom is -0.467 e. The van der Waals surface area contributed by atoms with Crippen molar-refractivity contribution in [1.82, 2.24) is 4.90 Å². The molecule has 0 unspecified atom stereocenters. The maximum Gasteiger partial charge on any atom is 0.328 e. The molecule has 1 saturated heterocycles. The third kappa shape index (κ3) is 3.07. The molecule has 1 atom stereocenters. The van der Waals surface area contributed by atoms with E-state index in [1.54, 1.807) is 12.1 Å². The molecular formula is C14H15Cl2NO3. The van der Waals surface area contributed by atoms with E-state index in [0.717, 1.165) is 12.8 Å². The molecule has 0 aliphatic carbocycles. The first-order valence-electron chi connectivity index (χ1n) is 6.38. The number of ether oxygens (including phenoxy) is 1. The number of amides is 1. The van der Waals surface area contributed by atoms with Gasteiger partial charge in [-0.2, -0.15) is 0 Å². The first kappa shape index (κ1) is 15.1. The van der Waals surface area contributed by atoms with Gasteiger partial charge in [-0.25, -0.2) is 4.79 Å². The lowest BCUT2D eigenvalue weighted by atomic mass is 10.0. The van der Waals surface area contributed by atoms with Crippen molar-refractivity contribution < 1.29 is 14.3 Å². The van der Waals surface area contributed by atoms with Crippen LogP contribution in [0.2, 0.25) is 10.0 Å². The van der Waals surface area contributed by atoms with Crippen molar-refractivity contribution in [1.29, 1.82) is 0 Å². The number of methoxy groups -OCH3 is 1. The van der Waals surface area contributed by atoms with Gasteiger partial charge in [0.1, 0.15) is 6.04 Å². The van der Waals surface area contributed by atoms with Crippen LogP contribution in [0.5, 0.6) is 0 Å². The molecule has 0 aromatic heterocycles. The van der Waals surface area contributed by atoms with Crippen LogP contribution in [-0.2, 0) is 9.53 Å². The summed E-state index contributed by atoms with van der Waals surface area (Å²) < 4.78 is 4.77. The Kier molecular flexibility index (Phi) is 4.89. The molecule has 2 rings (SSSR count). The largest absolute Gasteiger partial charge is 0.467 e. The average molecular weight is 316 g/mol. The Bertz CT molecular complexity index is 533. The van der Waals surface area contributed by atoms with Crippen LogP contribution in [0, 0.1) is 0 Å². The van der Waals surface area contributed by atoms with Gasteiger partial charge in [-0.15, -0.1) is 0 Å². The van der Waals surface area contributed by atoms with E-state index in [1.807, 2.05) is 0 Å². The number of piperidine rings is 1. The molecule has 0 saturated carbocycles. The zero-order chi connectivity index (χ0) is 14.7. The fourth-order valence-corrected chi connectivity index (χ4v) is 2.74. The molecule has 0 spiro atoms. The lowest BCUT2D eigenvalue weighted by Crippen LogP contribution is -2.48. The summed E-state index contributed by atoms with van der Waals surface area (Å²) >= 11 is 12.0. The van der Waals surface area contributed by atoms with Crippen LogP contribution in [0.1, 0.15) is 29.6 Å². The van der Waals surface area contributed by atoms with Gasteiger partial charge >= 0.3 is 5.97 Å². The second-order valence-corrected chi connectivity index (χ2v) is 5.50. The smallest absolute Gasteiger partial charge is 0.328 e. The molecule has 20 heavy (non-hydrogen) atoms. The summed E-state index contributed by atoms with van der Waals surface area (Å²) in [6.45, 7) is 0.515. The highest BCUT2D eigenvalue weighted by Crippen LogP contribution is 2.26. The average Bonchev–Trinajstić information content (AvgIpc) is 2.48. The molecule has 1 amide bonds. The third-order valence-electron chi connectivity index (χ3n) is 3.40. The molecule has 1 aromatic rings. The van der Waals surface area contributed by atoms with Gasteiger partial charge in [-0.1, -0.05) is 23.2 Å². The van der Waals surface area contributed by atoms with Crippen molar-refractivity contribution >= 4 is 35.1 Å². The minimum atomic E-state index is -0.545. The maximum absolute atomic E-state index is 12.6. The van der Waals surface area contributed by atoms with Gasteiger partial charge in [-0.3, -0.25) is 4.79 Å². The Morgan fingerprint density at radius 1 is 1.30 bits per heavy atom. The summed E-state index contributed by atoms with van der Waals surface area (Å²) in [6.07, 6.45) is 2.36. The standard InChI is InChI=1S/C14H15Cl2NO3/c1-20-14(19)12-4-2-3-7-17(12)13(18)10-8-9(15)5-6-11(10)16/h5-6,8,12H,2-4,7H2,1H3/t12-/m1/s1. The van der Waals surface area contributed by atoms with Crippen LogP contribution >= 0.6 is 23.2 Å². The number of benzene rings is 1. The van der Waals surface area contributed by atoms with E-state index in [2.05, 4.69) is 0 Å². The SMILES string of the molecule is COC(=O)[C@H]1CCCCN1C(=O)c1cc(Cl)ccc1Cl. The Morgan fingerprint density at radius 3 is 2.75 bits per heavy atom. The molecule has 0 N–H and O–H groups in total. The topological polar surface area (TPSA) is 46.6 Å². The summed E-state index contributed by atoms with van der Waals surface area (Å²) in [4.78, 5) is 25.9. The van der Waals surface area contributed by atoms with Gasteiger partial charge in [0, 0.05) is 11.6 Å². The molecule has 6 heteroatoms. The zero-order valence-corrected chi connectivity index (χ0v) is 12.6. The number of hydrogen-bond donors (Lipinski definition) is 0. The number of esters is 1. The molecule has 1 aliphatic rings. The molecular weight excluding hydrogens is 301 g/mol. The highest BCUT2D eigenvalue weighted by molar-refractivity contribution is 6.35. The maximum atomic E-state index is 12.6. The fraction of sp³-hybridized carbons (Fsp3) is 0.429. The molecule has 1 aromatic carbocycles. The third-order valence-corrected chi connectivity index (χ3v) is 3.96. The molecule has 4 nitrogen and oxygen atoms in total. The van der Waals surface area contributed by atoms with Crippen molar-refractivity contribution in [2.75, 3.05) is 13.7 Å².